The smallest absolute Gasteiger partial charge is 0.297 e. The average Bonchev–Trinajstić information content (AvgIpc) is 3.46. The van der Waals surface area contributed by atoms with Gasteiger partial charge in [0.2, 0.25) is 11.6 Å². The van der Waals surface area contributed by atoms with Gasteiger partial charge in [-0.2, -0.15) is 4.98 Å². The Morgan fingerprint density at radius 1 is 1.10 bits per heavy atom. The van der Waals surface area contributed by atoms with Gasteiger partial charge < -0.3 is 14.6 Å². The van der Waals surface area contributed by atoms with Gasteiger partial charge in [0.05, 0.1) is 19.3 Å². The van der Waals surface area contributed by atoms with Crippen LogP contribution >= 0.6 is 12.4 Å². The largest absolute Gasteiger partial charge is 0.379 e. The van der Waals surface area contributed by atoms with E-state index in [2.05, 4.69) is 42.6 Å². The normalized spacial score (nSPS) is 20.1. The van der Waals surface area contributed by atoms with Crippen molar-refractivity contribution < 1.29 is 9.26 Å². The Kier molecular flexibility index (Phi) is 6.73. The van der Waals surface area contributed by atoms with E-state index in [0.29, 0.717) is 23.6 Å². The SMILES string of the molecule is Cl.c1cc(-c2noc(-c3ncn(C4CCCNC4)n3)n2)ccc1CN1CCOCC1. The van der Waals surface area contributed by atoms with E-state index < -0.39 is 0 Å². The minimum Gasteiger partial charge on any atom is -0.379 e. The minimum absolute atomic E-state index is 0. The highest BCUT2D eigenvalue weighted by atomic mass is 35.5. The zero-order valence-corrected chi connectivity index (χ0v) is 17.6. The summed E-state index contributed by atoms with van der Waals surface area (Å²) in [4.78, 5) is 11.3. The molecular weight excluding hydrogens is 406 g/mol. The molecule has 2 aliphatic rings. The molecule has 0 radical (unpaired) electrons. The number of benzene rings is 1. The standard InChI is InChI=1S/C20H25N7O2.ClH/c1-2-17(12-21-7-1)27-14-22-19(24-27)20-23-18(25-29-20)16-5-3-15(4-6-16)13-26-8-10-28-11-9-26;/h3-6,14,17,21H,1-2,7-13H2;1H. The highest BCUT2D eigenvalue weighted by molar-refractivity contribution is 5.85. The first-order valence-electron chi connectivity index (χ1n) is 10.2. The topological polar surface area (TPSA) is 94.1 Å². The molecule has 1 atom stereocenters. The second-order valence-electron chi connectivity index (χ2n) is 7.56. The maximum absolute atomic E-state index is 5.42. The molecule has 9 nitrogen and oxygen atoms in total. The summed E-state index contributed by atoms with van der Waals surface area (Å²) in [7, 11) is 0. The summed E-state index contributed by atoms with van der Waals surface area (Å²) in [5, 5.41) is 12.0. The Balaban J connectivity index is 0.00000218. The van der Waals surface area contributed by atoms with Crippen molar-refractivity contribution in [3.05, 3.63) is 36.2 Å². The van der Waals surface area contributed by atoms with E-state index in [-0.39, 0.29) is 12.4 Å². The van der Waals surface area contributed by atoms with Gasteiger partial charge in [0.1, 0.15) is 6.33 Å². The van der Waals surface area contributed by atoms with Crippen LogP contribution in [0.5, 0.6) is 0 Å². The predicted molar refractivity (Wildman–Crippen MR) is 113 cm³/mol. The molecule has 0 saturated carbocycles. The van der Waals surface area contributed by atoms with Crippen molar-refractivity contribution in [2.24, 2.45) is 0 Å². The van der Waals surface area contributed by atoms with Crippen molar-refractivity contribution in [2.45, 2.75) is 25.4 Å². The molecule has 1 aromatic carbocycles. The number of aromatic nitrogens is 5. The van der Waals surface area contributed by atoms with E-state index in [1.807, 2.05) is 16.8 Å². The van der Waals surface area contributed by atoms with Gasteiger partial charge in [-0.15, -0.1) is 17.5 Å². The van der Waals surface area contributed by atoms with E-state index in [0.717, 1.165) is 64.3 Å². The van der Waals surface area contributed by atoms with Gasteiger partial charge in [-0.25, -0.2) is 9.67 Å². The van der Waals surface area contributed by atoms with E-state index >= 15 is 0 Å². The molecule has 0 amide bonds. The van der Waals surface area contributed by atoms with Gasteiger partial charge in [0, 0.05) is 31.7 Å². The fourth-order valence-corrected chi connectivity index (χ4v) is 3.82. The van der Waals surface area contributed by atoms with Gasteiger partial charge in [0.15, 0.2) is 0 Å². The van der Waals surface area contributed by atoms with E-state index in [9.17, 15) is 0 Å². The molecule has 30 heavy (non-hydrogen) atoms. The van der Waals surface area contributed by atoms with Crippen LogP contribution in [0.1, 0.15) is 24.4 Å². The molecule has 2 aromatic heterocycles. The number of hydrogen-bond donors (Lipinski definition) is 1. The zero-order chi connectivity index (χ0) is 19.5. The summed E-state index contributed by atoms with van der Waals surface area (Å²) in [6.45, 7) is 6.48. The summed E-state index contributed by atoms with van der Waals surface area (Å²) in [6, 6.07) is 8.62. The zero-order valence-electron chi connectivity index (χ0n) is 16.7. The maximum atomic E-state index is 5.42. The molecule has 1 unspecified atom stereocenters. The van der Waals surface area contributed by atoms with Crippen molar-refractivity contribution in [3.8, 4) is 23.1 Å². The van der Waals surface area contributed by atoms with Crippen LogP contribution in [-0.4, -0.2) is 69.2 Å². The van der Waals surface area contributed by atoms with Gasteiger partial charge in [0.25, 0.3) is 5.89 Å². The van der Waals surface area contributed by atoms with Crippen LogP contribution in [0, 0.1) is 0 Å². The molecule has 2 saturated heterocycles. The van der Waals surface area contributed by atoms with Crippen molar-refractivity contribution in [1.82, 2.24) is 35.1 Å². The molecule has 0 spiro atoms. The molecule has 0 bridgehead atoms. The lowest BCUT2D eigenvalue weighted by atomic mass is 10.1. The third-order valence-corrected chi connectivity index (χ3v) is 5.49. The monoisotopic (exact) mass is 431 g/mol. The van der Waals surface area contributed by atoms with Crippen LogP contribution in [0.3, 0.4) is 0 Å². The van der Waals surface area contributed by atoms with Crippen LogP contribution in [0.25, 0.3) is 23.1 Å². The maximum Gasteiger partial charge on any atom is 0.297 e. The van der Waals surface area contributed by atoms with Crippen LogP contribution in [0.2, 0.25) is 0 Å². The molecule has 160 valence electrons. The van der Waals surface area contributed by atoms with E-state index in [1.165, 1.54) is 5.56 Å². The van der Waals surface area contributed by atoms with Crippen molar-refractivity contribution in [2.75, 3.05) is 39.4 Å². The third kappa shape index (κ3) is 4.70. The van der Waals surface area contributed by atoms with Crippen LogP contribution in [0.15, 0.2) is 35.1 Å². The number of nitrogens with zero attached hydrogens (tertiary/aromatic N) is 6. The number of hydrogen-bond acceptors (Lipinski definition) is 8. The van der Waals surface area contributed by atoms with E-state index in [1.54, 1.807) is 6.33 Å². The first kappa shape index (κ1) is 20.9. The van der Waals surface area contributed by atoms with Crippen molar-refractivity contribution >= 4 is 12.4 Å². The van der Waals surface area contributed by atoms with Crippen LogP contribution in [0.4, 0.5) is 0 Å². The molecule has 4 heterocycles. The van der Waals surface area contributed by atoms with Gasteiger partial charge >= 0.3 is 0 Å². The Labute approximate surface area is 181 Å². The molecule has 2 fully saturated rings. The number of piperidine rings is 1. The predicted octanol–water partition coefficient (Wildman–Crippen LogP) is 2.17. The fourth-order valence-electron chi connectivity index (χ4n) is 3.82. The Bertz CT molecular complexity index is 931. The molecular formula is C20H26ClN7O2. The number of ether oxygens (including phenoxy) is 1. The van der Waals surface area contributed by atoms with Crippen LogP contribution < -0.4 is 5.32 Å². The summed E-state index contributed by atoms with van der Waals surface area (Å²) in [6.07, 6.45) is 3.99. The Morgan fingerprint density at radius 2 is 1.93 bits per heavy atom. The molecule has 5 rings (SSSR count). The lowest BCUT2D eigenvalue weighted by molar-refractivity contribution is 0.0342. The van der Waals surface area contributed by atoms with Gasteiger partial charge in [-0.3, -0.25) is 4.90 Å². The lowest BCUT2D eigenvalue weighted by Gasteiger charge is -2.26. The van der Waals surface area contributed by atoms with Crippen molar-refractivity contribution in [3.63, 3.8) is 0 Å². The number of halogens is 1. The Hall–Kier alpha value is -2.33. The molecule has 0 aliphatic carbocycles. The summed E-state index contributed by atoms with van der Waals surface area (Å²) in [5.74, 6) is 1.37. The second-order valence-corrected chi connectivity index (χ2v) is 7.56. The first-order chi connectivity index (χ1) is 14.3. The highest BCUT2D eigenvalue weighted by Gasteiger charge is 2.20. The third-order valence-electron chi connectivity index (χ3n) is 5.49. The van der Waals surface area contributed by atoms with Crippen molar-refractivity contribution in [1.29, 1.82) is 0 Å². The summed E-state index contributed by atoms with van der Waals surface area (Å²) in [5.41, 5.74) is 2.18. The van der Waals surface area contributed by atoms with E-state index in [4.69, 9.17) is 9.26 Å². The quantitative estimate of drug-likeness (QED) is 0.656. The fraction of sp³-hybridized carbons (Fsp3) is 0.500. The second kappa shape index (κ2) is 9.65. The average molecular weight is 432 g/mol. The van der Waals surface area contributed by atoms with Gasteiger partial charge in [-0.1, -0.05) is 29.4 Å². The number of rotatable bonds is 5. The van der Waals surface area contributed by atoms with Crippen LogP contribution in [-0.2, 0) is 11.3 Å². The molecule has 10 heteroatoms. The molecule has 2 aliphatic heterocycles. The first-order valence-corrected chi connectivity index (χ1v) is 10.2. The summed E-state index contributed by atoms with van der Waals surface area (Å²) < 4.78 is 12.7. The minimum atomic E-state index is 0. The Morgan fingerprint density at radius 3 is 2.70 bits per heavy atom. The number of morpholine rings is 1. The molecule has 3 aromatic rings. The highest BCUT2D eigenvalue weighted by Crippen LogP contribution is 2.22. The summed E-state index contributed by atoms with van der Waals surface area (Å²) >= 11 is 0. The lowest BCUT2D eigenvalue weighted by Crippen LogP contribution is -2.35. The van der Waals surface area contributed by atoms with Gasteiger partial charge in [-0.05, 0) is 24.9 Å². The number of nitrogens with one attached hydrogen (secondary N) is 1. The molecule has 1 N–H and O–H groups in total.